The van der Waals surface area contributed by atoms with Gasteiger partial charge in [-0.2, -0.15) is 11.2 Å². The molecular weight excluding hydrogens is 738 g/mol. The smallest absolute Gasteiger partial charge is 0.346 e. The number of nitro benzene ring substituents is 4. The van der Waals surface area contributed by atoms with Gasteiger partial charge in [0.25, 0.3) is 17.1 Å². The van der Waals surface area contributed by atoms with E-state index in [0.717, 1.165) is 30.3 Å². The standard InChI is InChI=1S/C8H11N3O2.C8H10N2O2.C6H5N3O5.C6H4N2O5.C2H3N/c1-2-13-8(12)6-4-3-5-11(10)7(6)9;1-2-12-8(11)6-4-3-5-10-7(6)9;7-14-6-2-1-4(8(10)11)3-5(6)9(12)13;9-6-2-1-4(7(10)11)3-5(6)8(12)13;1-2-3/h3-5,9H,2,10H2,1H3;3-5H,2H2,1H3,(H2,9,10);1-3H,7H2;1-3,9H;1H3. The van der Waals surface area contributed by atoms with E-state index in [1.807, 2.05) is 0 Å². The second-order valence-corrected chi connectivity index (χ2v) is 9.27. The maximum Gasteiger partial charge on any atom is 0.346 e. The summed E-state index contributed by atoms with van der Waals surface area (Å²) in [7, 11) is 0. The zero-order valence-electron chi connectivity index (χ0n) is 29.0. The molecular formula is C30H33N11O14. The Morgan fingerprint density at radius 2 is 1.27 bits per heavy atom. The number of carbonyl (C=O) groups is 2. The molecule has 8 N–H and O–H groups in total. The largest absolute Gasteiger partial charge is 0.868 e. The zero-order valence-corrected chi connectivity index (χ0v) is 29.0. The summed E-state index contributed by atoms with van der Waals surface area (Å²) in [5.74, 6) is 8.63. The molecule has 0 aliphatic heterocycles. The number of rotatable bonds is 9. The predicted octanol–water partition coefficient (Wildman–Crippen LogP) is 2.15. The van der Waals surface area contributed by atoms with Gasteiger partial charge in [0.05, 0.1) is 51.1 Å². The van der Waals surface area contributed by atoms with Crippen LogP contribution >= 0.6 is 0 Å². The number of nitrogens with two attached hydrogens (primary N) is 4. The van der Waals surface area contributed by atoms with E-state index in [4.69, 9.17) is 37.9 Å². The summed E-state index contributed by atoms with van der Waals surface area (Å²) >= 11 is 0. The maximum atomic E-state index is 11.2. The van der Waals surface area contributed by atoms with Crippen LogP contribution < -0.4 is 37.8 Å². The molecule has 55 heavy (non-hydrogen) atoms. The van der Waals surface area contributed by atoms with E-state index < -0.39 is 60.1 Å². The van der Waals surface area contributed by atoms with Crippen molar-refractivity contribution in [3.05, 3.63) is 125 Å². The molecule has 4 aromatic rings. The van der Waals surface area contributed by atoms with Crippen molar-refractivity contribution in [3.63, 3.8) is 0 Å². The summed E-state index contributed by atoms with van der Waals surface area (Å²) in [6.07, 6.45) is 3.08. The monoisotopic (exact) mass is 771 g/mol. The van der Waals surface area contributed by atoms with E-state index in [1.165, 1.54) is 17.8 Å². The highest BCUT2D eigenvalue weighted by molar-refractivity contribution is 5.94. The number of hydrogen-bond donors (Lipinski definition) is 4. The van der Waals surface area contributed by atoms with Crippen molar-refractivity contribution in [1.82, 2.24) is 4.98 Å². The van der Waals surface area contributed by atoms with E-state index in [9.17, 15) is 55.2 Å². The molecule has 0 unspecified atom stereocenters. The van der Waals surface area contributed by atoms with Gasteiger partial charge in [0.2, 0.25) is 5.75 Å². The summed E-state index contributed by atoms with van der Waals surface area (Å²) in [5.41, 5.74) is 9.41. The molecule has 2 aromatic heterocycles. The first-order valence-electron chi connectivity index (χ1n) is 14.7. The zero-order chi connectivity index (χ0) is 42.2. The van der Waals surface area contributed by atoms with E-state index >= 15 is 0 Å². The number of pyridine rings is 2. The number of nitrogens with zero attached hydrogens (tertiary/aromatic N) is 7. The van der Waals surface area contributed by atoms with Crippen molar-refractivity contribution in [3.8, 4) is 17.6 Å². The molecule has 0 saturated heterocycles. The minimum absolute atomic E-state index is 0.195. The van der Waals surface area contributed by atoms with Crippen LogP contribution in [0.4, 0.5) is 34.4 Å². The summed E-state index contributed by atoms with van der Waals surface area (Å²) in [6, 6.07) is 13.4. The van der Waals surface area contributed by atoms with E-state index in [-0.39, 0.29) is 22.9 Å². The molecule has 0 radical (unpaired) electrons. The number of anilines is 2. The number of esters is 2. The number of non-ortho nitro benzene ring substituents is 2. The van der Waals surface area contributed by atoms with Gasteiger partial charge < -0.3 is 25.2 Å². The topological polar surface area (TPSA) is 402 Å². The molecule has 4 rings (SSSR count). The number of nitrogen functional groups attached to an aromatic ring is 3. The van der Waals surface area contributed by atoms with Crippen LogP contribution in [0, 0.1) is 51.8 Å². The third-order valence-corrected chi connectivity index (χ3v) is 5.72. The molecule has 2 aromatic carbocycles. The highest BCUT2D eigenvalue weighted by atomic mass is 16.7. The van der Waals surface area contributed by atoms with Crippen LogP contribution in [0.1, 0.15) is 41.5 Å². The molecule has 0 fully saturated rings. The van der Waals surface area contributed by atoms with Crippen LogP contribution in [0.2, 0.25) is 0 Å². The Labute approximate surface area is 309 Å². The molecule has 292 valence electrons. The van der Waals surface area contributed by atoms with Crippen molar-refractivity contribution in [2.75, 3.05) is 30.5 Å². The maximum absolute atomic E-state index is 11.2. The van der Waals surface area contributed by atoms with Gasteiger partial charge in [0, 0.05) is 25.3 Å². The van der Waals surface area contributed by atoms with Crippen LogP contribution in [-0.2, 0) is 9.47 Å². The molecule has 0 bridgehead atoms. The van der Waals surface area contributed by atoms with Crippen LogP contribution in [0.15, 0.2) is 73.1 Å². The van der Waals surface area contributed by atoms with Crippen LogP contribution in [0.5, 0.6) is 11.5 Å². The Morgan fingerprint density at radius 1 is 0.800 bits per heavy atom. The molecule has 2 heterocycles. The van der Waals surface area contributed by atoms with Gasteiger partial charge in [-0.25, -0.2) is 14.6 Å². The molecule has 0 aliphatic carbocycles. The Morgan fingerprint density at radius 3 is 1.73 bits per heavy atom. The Balaban J connectivity index is 0.000000690. The third kappa shape index (κ3) is 15.7. The molecule has 0 saturated carbocycles. The Bertz CT molecular complexity index is 2020. The third-order valence-electron chi connectivity index (χ3n) is 5.72. The molecule has 0 aliphatic rings. The predicted molar refractivity (Wildman–Crippen MR) is 187 cm³/mol. The molecule has 0 atom stereocenters. The average Bonchev–Trinajstić information content (AvgIpc) is 3.14. The van der Waals surface area contributed by atoms with Crippen molar-refractivity contribution >= 4 is 46.3 Å². The second kappa shape index (κ2) is 24.0. The van der Waals surface area contributed by atoms with Crippen molar-refractivity contribution < 1.29 is 53.4 Å². The van der Waals surface area contributed by atoms with Gasteiger partial charge in [-0.15, -0.1) is 4.68 Å². The fraction of sp³-hybridized carbons (Fsp3) is 0.167. The number of benzene rings is 2. The van der Waals surface area contributed by atoms with Crippen molar-refractivity contribution in [1.29, 1.82) is 5.26 Å². The van der Waals surface area contributed by atoms with Crippen molar-refractivity contribution in [2.45, 2.75) is 20.8 Å². The minimum Gasteiger partial charge on any atom is -0.868 e. The van der Waals surface area contributed by atoms with Gasteiger partial charge in [-0.05, 0) is 49.9 Å². The lowest BCUT2D eigenvalue weighted by Crippen LogP contribution is -2.47. The van der Waals surface area contributed by atoms with Gasteiger partial charge in [-0.1, -0.05) is 6.07 Å². The van der Waals surface area contributed by atoms with E-state index in [2.05, 4.69) is 9.82 Å². The van der Waals surface area contributed by atoms with Gasteiger partial charge >= 0.3 is 23.4 Å². The molecule has 0 spiro atoms. The number of carbonyl (C=O) groups excluding carboxylic acids is 2. The van der Waals surface area contributed by atoms with E-state index in [0.29, 0.717) is 24.8 Å². The fourth-order valence-electron chi connectivity index (χ4n) is 3.34. The van der Waals surface area contributed by atoms with Gasteiger partial charge in [0.15, 0.2) is 5.56 Å². The Hall–Kier alpha value is -8.27. The van der Waals surface area contributed by atoms with Gasteiger partial charge in [0.1, 0.15) is 17.6 Å². The summed E-state index contributed by atoms with van der Waals surface area (Å²) in [6.45, 7) is 5.56. The lowest BCUT2D eigenvalue weighted by molar-refractivity contribution is -0.623. The highest BCUT2D eigenvalue weighted by Gasteiger charge is 2.20. The number of hydrogen-bond acceptors (Lipinski definition) is 20. The van der Waals surface area contributed by atoms with Crippen LogP contribution in [-0.4, -0.2) is 49.8 Å². The Kier molecular flexibility index (Phi) is 20.4. The number of aromatic nitrogens is 2. The fourth-order valence-corrected chi connectivity index (χ4v) is 3.34. The summed E-state index contributed by atoms with van der Waals surface area (Å²) < 4.78 is 10.7. The van der Waals surface area contributed by atoms with Crippen LogP contribution in [0.25, 0.3) is 0 Å². The summed E-state index contributed by atoms with van der Waals surface area (Å²) in [4.78, 5) is 68.0. The first-order valence-corrected chi connectivity index (χ1v) is 14.7. The molecule has 25 heteroatoms. The summed E-state index contributed by atoms with van der Waals surface area (Å²) in [5, 5.41) is 59.1. The number of nitriles is 1. The molecule has 0 amide bonds. The SMILES string of the molecule is CC#N.CCOC(=O)c1ccc[n+](N)c1N.CCOC(=O)c1cccnc1N.NOc1ccc([N+](=O)[O-])cc1[N+](=O)[O-].O=[N+]([O-])c1ccc([O-])c([N+](=O)[O-])c1. The second-order valence-electron chi connectivity index (χ2n) is 9.27. The van der Waals surface area contributed by atoms with Crippen molar-refractivity contribution in [2.24, 2.45) is 5.90 Å². The first-order chi connectivity index (χ1) is 25.9. The highest BCUT2D eigenvalue weighted by Crippen LogP contribution is 2.30. The number of ether oxygens (including phenoxy) is 2. The quantitative estimate of drug-likeness (QED) is 0.0622. The lowest BCUT2D eigenvalue weighted by Gasteiger charge is -2.03. The molecule has 25 nitrogen and oxygen atoms in total. The van der Waals surface area contributed by atoms with Gasteiger partial charge in [-0.3, -0.25) is 52.0 Å². The van der Waals surface area contributed by atoms with Crippen LogP contribution in [0.3, 0.4) is 0 Å². The first kappa shape index (κ1) is 46.7. The average molecular weight is 772 g/mol. The van der Waals surface area contributed by atoms with E-state index in [1.54, 1.807) is 50.4 Å². The normalized spacial score (nSPS) is 9.15. The lowest BCUT2D eigenvalue weighted by atomic mass is 10.2. The number of nitro groups is 4. The minimum atomic E-state index is -0.949.